The quantitative estimate of drug-likeness (QED) is 0.460. The van der Waals surface area contributed by atoms with Crippen molar-refractivity contribution in [2.45, 2.75) is 25.5 Å². The van der Waals surface area contributed by atoms with Crippen molar-refractivity contribution in [3.63, 3.8) is 0 Å². The number of carbonyl (C=O) groups is 1. The number of likely N-dealkylation sites (N-methyl/N-ethyl adjacent to an activating group) is 1. The van der Waals surface area contributed by atoms with Gasteiger partial charge in [-0.2, -0.15) is 0 Å². The van der Waals surface area contributed by atoms with E-state index in [2.05, 4.69) is 24.3 Å². The summed E-state index contributed by atoms with van der Waals surface area (Å²) in [5.74, 6) is 5.46. The fourth-order valence-corrected chi connectivity index (χ4v) is 2.58. The molecule has 0 aliphatic carbocycles. The minimum atomic E-state index is -0.325. The molecule has 0 spiro atoms. The SMILES string of the molecule is CC1OCCC1N(C)CCOc1cccc(C(=O)NN)c1. The Morgan fingerprint density at radius 1 is 1.57 bits per heavy atom. The van der Waals surface area contributed by atoms with Gasteiger partial charge >= 0.3 is 0 Å². The summed E-state index contributed by atoms with van der Waals surface area (Å²) in [7, 11) is 2.08. The van der Waals surface area contributed by atoms with Crippen LogP contribution < -0.4 is 16.0 Å². The molecule has 1 heterocycles. The van der Waals surface area contributed by atoms with Crippen molar-refractivity contribution < 1.29 is 14.3 Å². The summed E-state index contributed by atoms with van der Waals surface area (Å²) in [5, 5.41) is 0. The molecule has 6 nitrogen and oxygen atoms in total. The molecule has 21 heavy (non-hydrogen) atoms. The molecule has 0 bridgehead atoms. The van der Waals surface area contributed by atoms with Crippen LogP contribution in [0.5, 0.6) is 5.75 Å². The van der Waals surface area contributed by atoms with E-state index in [1.54, 1.807) is 18.2 Å². The zero-order valence-electron chi connectivity index (χ0n) is 12.5. The summed E-state index contributed by atoms with van der Waals surface area (Å²) < 4.78 is 11.3. The third kappa shape index (κ3) is 4.17. The van der Waals surface area contributed by atoms with E-state index in [-0.39, 0.29) is 12.0 Å². The first kappa shape index (κ1) is 15.8. The van der Waals surface area contributed by atoms with Crippen LogP contribution in [0.2, 0.25) is 0 Å². The fraction of sp³-hybridized carbons (Fsp3) is 0.533. The van der Waals surface area contributed by atoms with Crippen molar-refractivity contribution in [2.24, 2.45) is 5.84 Å². The number of hydrogen-bond donors (Lipinski definition) is 2. The maximum atomic E-state index is 11.4. The first-order valence-electron chi connectivity index (χ1n) is 7.17. The number of amides is 1. The molecule has 1 aromatic carbocycles. The predicted octanol–water partition coefficient (Wildman–Crippen LogP) is 0.778. The molecule has 1 amide bonds. The summed E-state index contributed by atoms with van der Waals surface area (Å²) in [4.78, 5) is 13.7. The molecule has 0 aromatic heterocycles. The third-order valence-corrected chi connectivity index (χ3v) is 3.84. The zero-order valence-corrected chi connectivity index (χ0v) is 12.5. The monoisotopic (exact) mass is 293 g/mol. The predicted molar refractivity (Wildman–Crippen MR) is 80.0 cm³/mol. The maximum absolute atomic E-state index is 11.4. The van der Waals surface area contributed by atoms with Gasteiger partial charge in [-0.1, -0.05) is 6.07 Å². The molecule has 3 N–H and O–H groups in total. The smallest absolute Gasteiger partial charge is 0.265 e. The Balaban J connectivity index is 1.81. The highest BCUT2D eigenvalue weighted by molar-refractivity contribution is 5.94. The Hall–Kier alpha value is -1.63. The summed E-state index contributed by atoms with van der Waals surface area (Å²) >= 11 is 0. The summed E-state index contributed by atoms with van der Waals surface area (Å²) in [6, 6.07) is 7.43. The molecular weight excluding hydrogens is 270 g/mol. The summed E-state index contributed by atoms with van der Waals surface area (Å²) in [6.07, 6.45) is 1.33. The Kier molecular flexibility index (Phi) is 5.55. The Morgan fingerprint density at radius 3 is 3.05 bits per heavy atom. The molecule has 1 aliphatic heterocycles. The first-order valence-corrected chi connectivity index (χ1v) is 7.17. The van der Waals surface area contributed by atoms with Crippen LogP contribution in [0.25, 0.3) is 0 Å². The second-order valence-corrected chi connectivity index (χ2v) is 5.26. The van der Waals surface area contributed by atoms with E-state index in [1.165, 1.54) is 0 Å². The van der Waals surface area contributed by atoms with E-state index >= 15 is 0 Å². The van der Waals surface area contributed by atoms with Gasteiger partial charge in [-0.15, -0.1) is 0 Å². The van der Waals surface area contributed by atoms with Gasteiger partial charge in [-0.3, -0.25) is 15.1 Å². The van der Waals surface area contributed by atoms with E-state index in [4.69, 9.17) is 15.3 Å². The van der Waals surface area contributed by atoms with Crippen molar-refractivity contribution in [2.75, 3.05) is 26.8 Å². The zero-order chi connectivity index (χ0) is 15.2. The van der Waals surface area contributed by atoms with Gasteiger partial charge in [0, 0.05) is 24.8 Å². The van der Waals surface area contributed by atoms with E-state index in [0.29, 0.717) is 24.0 Å². The van der Waals surface area contributed by atoms with E-state index in [0.717, 1.165) is 19.6 Å². The fourth-order valence-electron chi connectivity index (χ4n) is 2.58. The number of nitrogens with two attached hydrogens (primary N) is 1. The lowest BCUT2D eigenvalue weighted by molar-refractivity contribution is 0.0787. The molecule has 1 aliphatic rings. The normalized spacial score (nSPS) is 21.5. The van der Waals surface area contributed by atoms with E-state index < -0.39 is 0 Å². The second kappa shape index (κ2) is 7.40. The number of carbonyl (C=O) groups excluding carboxylic acids is 1. The molecule has 2 rings (SSSR count). The molecule has 0 saturated carbocycles. The molecule has 116 valence electrons. The largest absolute Gasteiger partial charge is 0.492 e. The average Bonchev–Trinajstić information content (AvgIpc) is 2.93. The van der Waals surface area contributed by atoms with Gasteiger partial charge in [0.05, 0.1) is 6.10 Å². The van der Waals surface area contributed by atoms with Crippen LogP contribution in [0.1, 0.15) is 23.7 Å². The Labute approximate surface area is 125 Å². The van der Waals surface area contributed by atoms with Crippen LogP contribution in [-0.4, -0.2) is 49.8 Å². The lowest BCUT2D eigenvalue weighted by atomic mass is 10.1. The molecule has 2 unspecified atom stereocenters. The van der Waals surface area contributed by atoms with Gasteiger partial charge < -0.3 is 9.47 Å². The van der Waals surface area contributed by atoms with Crippen LogP contribution in [0, 0.1) is 0 Å². The highest BCUT2D eigenvalue weighted by Gasteiger charge is 2.27. The van der Waals surface area contributed by atoms with Crippen LogP contribution in [0.3, 0.4) is 0 Å². The maximum Gasteiger partial charge on any atom is 0.265 e. The number of hydrogen-bond acceptors (Lipinski definition) is 5. The molecule has 1 saturated heterocycles. The van der Waals surface area contributed by atoms with Crippen molar-refractivity contribution in [3.05, 3.63) is 29.8 Å². The Bertz CT molecular complexity index is 481. The van der Waals surface area contributed by atoms with Crippen LogP contribution in [0.15, 0.2) is 24.3 Å². The Morgan fingerprint density at radius 2 is 2.38 bits per heavy atom. The second-order valence-electron chi connectivity index (χ2n) is 5.26. The number of nitrogen functional groups attached to an aromatic ring is 1. The van der Waals surface area contributed by atoms with Crippen LogP contribution in [0.4, 0.5) is 0 Å². The molecule has 2 atom stereocenters. The number of hydrazine groups is 1. The topological polar surface area (TPSA) is 76.8 Å². The van der Waals surface area contributed by atoms with Crippen molar-refractivity contribution in [1.29, 1.82) is 0 Å². The van der Waals surface area contributed by atoms with Gasteiger partial charge in [0.25, 0.3) is 5.91 Å². The first-order chi connectivity index (χ1) is 10.1. The standard InChI is InChI=1S/C15H23N3O3/c1-11-14(6-8-20-11)18(2)7-9-21-13-5-3-4-12(10-13)15(19)17-16/h3-5,10-11,14H,6-9,16H2,1-2H3,(H,17,19). The number of rotatable bonds is 6. The van der Waals surface area contributed by atoms with Gasteiger partial charge in [-0.25, -0.2) is 5.84 Å². The summed E-state index contributed by atoms with van der Waals surface area (Å²) in [5.41, 5.74) is 2.60. The highest BCUT2D eigenvalue weighted by Crippen LogP contribution is 2.18. The van der Waals surface area contributed by atoms with Gasteiger partial charge in [-0.05, 0) is 38.6 Å². The minimum absolute atomic E-state index is 0.270. The molecule has 6 heteroatoms. The number of nitrogens with one attached hydrogen (secondary N) is 1. The number of nitrogens with zero attached hydrogens (tertiary/aromatic N) is 1. The lowest BCUT2D eigenvalue weighted by Crippen LogP contribution is -2.39. The number of benzene rings is 1. The van der Waals surface area contributed by atoms with E-state index in [1.807, 2.05) is 6.07 Å². The van der Waals surface area contributed by atoms with Crippen molar-refractivity contribution >= 4 is 5.91 Å². The van der Waals surface area contributed by atoms with Crippen LogP contribution in [-0.2, 0) is 4.74 Å². The minimum Gasteiger partial charge on any atom is -0.492 e. The summed E-state index contributed by atoms with van der Waals surface area (Å²) in [6.45, 7) is 4.30. The van der Waals surface area contributed by atoms with Gasteiger partial charge in [0.15, 0.2) is 0 Å². The van der Waals surface area contributed by atoms with E-state index in [9.17, 15) is 4.79 Å². The number of ether oxygens (including phenoxy) is 2. The molecular formula is C15H23N3O3. The third-order valence-electron chi connectivity index (χ3n) is 3.84. The van der Waals surface area contributed by atoms with Crippen molar-refractivity contribution in [1.82, 2.24) is 10.3 Å². The molecule has 1 fully saturated rings. The average molecular weight is 293 g/mol. The lowest BCUT2D eigenvalue weighted by Gasteiger charge is -2.26. The van der Waals surface area contributed by atoms with Gasteiger partial charge in [0.2, 0.25) is 0 Å². The van der Waals surface area contributed by atoms with Crippen LogP contribution >= 0.6 is 0 Å². The highest BCUT2D eigenvalue weighted by atomic mass is 16.5. The molecule has 1 aromatic rings. The van der Waals surface area contributed by atoms with Gasteiger partial charge in [0.1, 0.15) is 12.4 Å². The molecule has 0 radical (unpaired) electrons. The van der Waals surface area contributed by atoms with Crippen molar-refractivity contribution in [3.8, 4) is 5.75 Å².